The molecule has 0 spiro atoms. The molecule has 1 saturated heterocycles. The van der Waals surface area contributed by atoms with Crippen LogP contribution in [0.25, 0.3) is 5.69 Å². The molecule has 0 radical (unpaired) electrons. The number of amides is 1. The highest BCUT2D eigenvalue weighted by Crippen LogP contribution is 2.32. The lowest BCUT2D eigenvalue weighted by molar-refractivity contribution is 0.0616. The topological polar surface area (TPSA) is 95.5 Å². The predicted molar refractivity (Wildman–Crippen MR) is 94.8 cm³/mol. The average Bonchev–Trinajstić information content (AvgIpc) is 3.08. The van der Waals surface area contributed by atoms with Gasteiger partial charge in [-0.15, -0.1) is 5.10 Å². The Morgan fingerprint density at radius 3 is 2.88 bits per heavy atom. The maximum atomic E-state index is 13.0. The van der Waals surface area contributed by atoms with Crippen molar-refractivity contribution >= 4 is 5.91 Å². The number of likely N-dealkylation sites (tertiary alicyclic amines) is 1. The zero-order chi connectivity index (χ0) is 18.1. The molecule has 3 heterocycles. The molecule has 1 amide bonds. The summed E-state index contributed by atoms with van der Waals surface area (Å²) >= 11 is 0. The summed E-state index contributed by atoms with van der Waals surface area (Å²) < 4.78 is 12.8. The molecule has 1 aromatic heterocycles. The summed E-state index contributed by atoms with van der Waals surface area (Å²) in [5.41, 5.74) is 7.71. The van der Waals surface area contributed by atoms with Crippen LogP contribution in [0.3, 0.4) is 0 Å². The van der Waals surface area contributed by atoms with Crippen LogP contribution in [0.5, 0.6) is 11.5 Å². The molecule has 0 aliphatic carbocycles. The Morgan fingerprint density at radius 2 is 2.08 bits per heavy atom. The normalized spacial score (nSPS) is 19.5. The SMILES string of the molecule is Cc1c(C(=O)N2CCCCC2CN)nnn1-c1ccc2c(c1)OCCO2. The van der Waals surface area contributed by atoms with Crippen molar-refractivity contribution in [2.24, 2.45) is 5.73 Å². The maximum absolute atomic E-state index is 13.0. The van der Waals surface area contributed by atoms with E-state index in [1.165, 1.54) is 0 Å². The Hall–Kier alpha value is -2.61. The fraction of sp³-hybridized carbons (Fsp3) is 0.500. The second kappa shape index (κ2) is 6.95. The monoisotopic (exact) mass is 357 g/mol. The van der Waals surface area contributed by atoms with E-state index in [0.717, 1.165) is 31.5 Å². The second-order valence-corrected chi connectivity index (χ2v) is 6.65. The summed E-state index contributed by atoms with van der Waals surface area (Å²) in [5, 5.41) is 8.35. The second-order valence-electron chi connectivity index (χ2n) is 6.65. The molecule has 2 aliphatic rings. The molecule has 2 N–H and O–H groups in total. The molecule has 138 valence electrons. The van der Waals surface area contributed by atoms with E-state index in [1.54, 1.807) is 4.68 Å². The zero-order valence-corrected chi connectivity index (χ0v) is 14.9. The Kier molecular flexibility index (Phi) is 4.50. The van der Waals surface area contributed by atoms with E-state index in [9.17, 15) is 4.79 Å². The van der Waals surface area contributed by atoms with Crippen LogP contribution < -0.4 is 15.2 Å². The van der Waals surface area contributed by atoms with Gasteiger partial charge in [-0.3, -0.25) is 4.79 Å². The smallest absolute Gasteiger partial charge is 0.276 e. The van der Waals surface area contributed by atoms with Crippen LogP contribution in [-0.2, 0) is 0 Å². The number of rotatable bonds is 3. The number of piperidine rings is 1. The predicted octanol–water partition coefficient (Wildman–Crippen LogP) is 1.30. The highest BCUT2D eigenvalue weighted by atomic mass is 16.6. The molecule has 1 aromatic carbocycles. The van der Waals surface area contributed by atoms with E-state index in [2.05, 4.69) is 10.3 Å². The van der Waals surface area contributed by atoms with Gasteiger partial charge in [-0.05, 0) is 38.3 Å². The van der Waals surface area contributed by atoms with Crippen LogP contribution in [0.4, 0.5) is 0 Å². The summed E-state index contributed by atoms with van der Waals surface area (Å²) in [7, 11) is 0. The molecule has 2 aromatic rings. The van der Waals surface area contributed by atoms with E-state index < -0.39 is 0 Å². The van der Waals surface area contributed by atoms with Gasteiger partial charge in [0.2, 0.25) is 0 Å². The van der Waals surface area contributed by atoms with Gasteiger partial charge in [0, 0.05) is 25.2 Å². The molecule has 2 aliphatic heterocycles. The van der Waals surface area contributed by atoms with Crippen molar-refractivity contribution in [2.75, 3.05) is 26.3 Å². The lowest BCUT2D eigenvalue weighted by atomic mass is 10.0. The first-order valence-corrected chi connectivity index (χ1v) is 9.02. The van der Waals surface area contributed by atoms with Crippen molar-refractivity contribution in [1.82, 2.24) is 19.9 Å². The minimum absolute atomic E-state index is 0.0788. The number of hydrogen-bond acceptors (Lipinski definition) is 6. The van der Waals surface area contributed by atoms with Crippen LogP contribution in [0.1, 0.15) is 35.4 Å². The summed E-state index contributed by atoms with van der Waals surface area (Å²) in [6.45, 7) is 4.11. The Morgan fingerprint density at radius 1 is 1.27 bits per heavy atom. The molecule has 0 bridgehead atoms. The van der Waals surface area contributed by atoms with E-state index in [0.29, 0.717) is 42.6 Å². The zero-order valence-electron chi connectivity index (χ0n) is 14.9. The molecule has 8 heteroatoms. The van der Waals surface area contributed by atoms with Gasteiger partial charge >= 0.3 is 0 Å². The van der Waals surface area contributed by atoms with Gasteiger partial charge in [-0.1, -0.05) is 5.21 Å². The van der Waals surface area contributed by atoms with E-state index in [4.69, 9.17) is 15.2 Å². The van der Waals surface area contributed by atoms with Gasteiger partial charge in [0.05, 0.1) is 11.4 Å². The van der Waals surface area contributed by atoms with E-state index in [1.807, 2.05) is 30.0 Å². The van der Waals surface area contributed by atoms with Gasteiger partial charge in [0.15, 0.2) is 17.2 Å². The van der Waals surface area contributed by atoms with E-state index >= 15 is 0 Å². The molecular formula is C18H23N5O3. The standard InChI is InChI=1S/C18H23N5O3/c1-12-17(18(24)22-7-3-2-4-14(22)11-19)20-21-23(12)13-5-6-15-16(10-13)26-9-8-25-15/h5-6,10,14H,2-4,7-9,11,19H2,1H3. The third-order valence-electron chi connectivity index (χ3n) is 5.03. The minimum atomic E-state index is -0.0959. The van der Waals surface area contributed by atoms with Crippen LogP contribution in [0.2, 0.25) is 0 Å². The first kappa shape index (κ1) is 16.8. The molecule has 1 unspecified atom stereocenters. The Bertz CT molecular complexity index is 819. The van der Waals surface area contributed by atoms with Crippen LogP contribution in [-0.4, -0.2) is 58.1 Å². The number of aromatic nitrogens is 3. The quantitative estimate of drug-likeness (QED) is 0.890. The van der Waals surface area contributed by atoms with E-state index in [-0.39, 0.29) is 11.9 Å². The van der Waals surface area contributed by atoms with Crippen molar-refractivity contribution < 1.29 is 14.3 Å². The molecule has 8 nitrogen and oxygen atoms in total. The third kappa shape index (κ3) is 2.90. The van der Waals surface area contributed by atoms with Gasteiger partial charge < -0.3 is 20.1 Å². The summed E-state index contributed by atoms with van der Waals surface area (Å²) in [6, 6.07) is 5.66. The van der Waals surface area contributed by atoms with Crippen LogP contribution in [0.15, 0.2) is 18.2 Å². The minimum Gasteiger partial charge on any atom is -0.486 e. The number of fused-ring (bicyclic) bond motifs is 1. The fourth-order valence-corrected chi connectivity index (χ4v) is 3.58. The first-order valence-electron chi connectivity index (χ1n) is 9.02. The first-order chi connectivity index (χ1) is 12.7. The van der Waals surface area contributed by atoms with Crippen molar-refractivity contribution in [3.8, 4) is 17.2 Å². The highest BCUT2D eigenvalue weighted by Gasteiger charge is 2.30. The molecule has 26 heavy (non-hydrogen) atoms. The molecule has 1 atom stereocenters. The molecular weight excluding hydrogens is 334 g/mol. The van der Waals surface area contributed by atoms with Gasteiger partial charge in [-0.2, -0.15) is 0 Å². The average molecular weight is 357 g/mol. The van der Waals surface area contributed by atoms with Gasteiger partial charge in [0.25, 0.3) is 5.91 Å². The van der Waals surface area contributed by atoms with Gasteiger partial charge in [-0.25, -0.2) is 4.68 Å². The Balaban J connectivity index is 1.63. The number of benzene rings is 1. The van der Waals surface area contributed by atoms with Crippen molar-refractivity contribution in [3.63, 3.8) is 0 Å². The largest absolute Gasteiger partial charge is 0.486 e. The summed E-state index contributed by atoms with van der Waals surface area (Å²) in [6.07, 6.45) is 3.05. The molecule has 0 saturated carbocycles. The number of ether oxygens (including phenoxy) is 2. The number of carbonyl (C=O) groups is 1. The Labute approximate surface area is 151 Å². The molecule has 4 rings (SSSR count). The lowest BCUT2D eigenvalue weighted by Gasteiger charge is -2.34. The van der Waals surface area contributed by atoms with Crippen LogP contribution >= 0.6 is 0 Å². The number of nitrogens with zero attached hydrogens (tertiary/aromatic N) is 4. The van der Waals surface area contributed by atoms with Crippen LogP contribution in [0, 0.1) is 6.92 Å². The fourth-order valence-electron chi connectivity index (χ4n) is 3.58. The van der Waals surface area contributed by atoms with Crippen molar-refractivity contribution in [1.29, 1.82) is 0 Å². The number of nitrogens with two attached hydrogens (primary N) is 1. The number of hydrogen-bond donors (Lipinski definition) is 1. The maximum Gasteiger partial charge on any atom is 0.276 e. The lowest BCUT2D eigenvalue weighted by Crippen LogP contribution is -2.47. The van der Waals surface area contributed by atoms with Gasteiger partial charge in [0.1, 0.15) is 13.2 Å². The van der Waals surface area contributed by atoms with Crippen molar-refractivity contribution in [2.45, 2.75) is 32.2 Å². The summed E-state index contributed by atoms with van der Waals surface area (Å²) in [4.78, 5) is 14.8. The molecule has 1 fully saturated rings. The number of carbonyl (C=O) groups excluding carboxylic acids is 1. The summed E-state index contributed by atoms with van der Waals surface area (Å²) in [5.74, 6) is 1.30. The van der Waals surface area contributed by atoms with Crippen molar-refractivity contribution in [3.05, 3.63) is 29.6 Å². The third-order valence-corrected chi connectivity index (χ3v) is 5.03. The highest BCUT2D eigenvalue weighted by molar-refractivity contribution is 5.93.